The van der Waals surface area contributed by atoms with Gasteiger partial charge in [-0.15, -0.1) is 0 Å². The molecule has 2 aromatic rings. The van der Waals surface area contributed by atoms with Crippen LogP contribution in [0.4, 0.5) is 8.78 Å². The van der Waals surface area contributed by atoms with Gasteiger partial charge in [-0.05, 0) is 24.3 Å². The van der Waals surface area contributed by atoms with Crippen LogP contribution in [0.1, 0.15) is 0 Å². The van der Waals surface area contributed by atoms with Crippen molar-refractivity contribution in [3.05, 3.63) is 54.1 Å². The number of hydrogen-bond acceptors (Lipinski definition) is 1. The maximum atomic E-state index is 13.4. The third-order valence-electron chi connectivity index (χ3n) is 2.11. The summed E-state index contributed by atoms with van der Waals surface area (Å²) < 4.78 is 26.7. The average Bonchev–Trinajstić information content (AvgIpc) is 2.23. The lowest BCUT2D eigenvalue weighted by Crippen LogP contribution is -1.87. The highest BCUT2D eigenvalue weighted by Crippen LogP contribution is 2.28. The Kier molecular flexibility index (Phi) is 2.37. The van der Waals surface area contributed by atoms with Crippen LogP contribution in [0.2, 0.25) is 0 Å². The van der Waals surface area contributed by atoms with E-state index in [1.54, 1.807) is 6.07 Å². The molecule has 2 aromatic carbocycles. The van der Waals surface area contributed by atoms with Crippen molar-refractivity contribution in [2.24, 2.45) is 0 Å². The molecule has 0 fully saturated rings. The van der Waals surface area contributed by atoms with Gasteiger partial charge in [0.2, 0.25) is 0 Å². The summed E-state index contributed by atoms with van der Waals surface area (Å²) >= 11 is 0. The first-order valence-electron chi connectivity index (χ1n) is 4.42. The zero-order chi connectivity index (χ0) is 10.8. The second-order valence-electron chi connectivity index (χ2n) is 3.14. The third kappa shape index (κ3) is 1.81. The van der Waals surface area contributed by atoms with Gasteiger partial charge in [0.15, 0.2) is 0 Å². The van der Waals surface area contributed by atoms with Gasteiger partial charge < -0.3 is 5.11 Å². The zero-order valence-electron chi connectivity index (χ0n) is 7.74. The zero-order valence-corrected chi connectivity index (χ0v) is 7.74. The first-order chi connectivity index (χ1) is 7.18. The molecule has 0 atom stereocenters. The fraction of sp³-hybridized carbons (Fsp3) is 0. The van der Waals surface area contributed by atoms with E-state index in [0.29, 0.717) is 0 Å². The van der Waals surface area contributed by atoms with Crippen LogP contribution in [0.3, 0.4) is 0 Å². The first-order valence-corrected chi connectivity index (χ1v) is 4.42. The highest BCUT2D eigenvalue weighted by Gasteiger charge is 2.09. The number of rotatable bonds is 1. The van der Waals surface area contributed by atoms with Crippen molar-refractivity contribution in [2.75, 3.05) is 0 Å². The van der Waals surface area contributed by atoms with Gasteiger partial charge in [-0.3, -0.25) is 0 Å². The molecular formula is C12H8F2O. The van der Waals surface area contributed by atoms with Crippen LogP contribution in [0, 0.1) is 11.6 Å². The van der Waals surface area contributed by atoms with Crippen molar-refractivity contribution in [1.29, 1.82) is 0 Å². The Labute approximate surface area is 85.6 Å². The average molecular weight is 206 g/mol. The number of halogens is 2. The first kappa shape index (κ1) is 9.65. The molecule has 0 heterocycles. The lowest BCUT2D eigenvalue weighted by atomic mass is 10.0. The molecule has 0 saturated carbocycles. The van der Waals surface area contributed by atoms with E-state index in [-0.39, 0.29) is 16.9 Å². The highest BCUT2D eigenvalue weighted by atomic mass is 19.1. The van der Waals surface area contributed by atoms with E-state index in [1.165, 1.54) is 30.3 Å². The maximum absolute atomic E-state index is 13.4. The summed E-state index contributed by atoms with van der Waals surface area (Å²) in [6.45, 7) is 0. The lowest BCUT2D eigenvalue weighted by molar-refractivity contribution is 0.473. The third-order valence-corrected chi connectivity index (χ3v) is 2.11. The molecule has 0 radical (unpaired) electrons. The van der Waals surface area contributed by atoms with Crippen LogP contribution in [-0.2, 0) is 0 Å². The van der Waals surface area contributed by atoms with Crippen LogP contribution in [-0.4, -0.2) is 5.11 Å². The second-order valence-corrected chi connectivity index (χ2v) is 3.14. The van der Waals surface area contributed by atoms with Crippen molar-refractivity contribution in [3.8, 4) is 16.9 Å². The predicted octanol–water partition coefficient (Wildman–Crippen LogP) is 3.34. The number of benzene rings is 2. The molecule has 0 aliphatic rings. The SMILES string of the molecule is Oc1ccc(F)c(-c2ccccc2F)c1. The van der Waals surface area contributed by atoms with Crippen LogP contribution >= 0.6 is 0 Å². The van der Waals surface area contributed by atoms with E-state index < -0.39 is 11.6 Å². The minimum absolute atomic E-state index is 0.0631. The minimum Gasteiger partial charge on any atom is -0.508 e. The summed E-state index contributed by atoms with van der Waals surface area (Å²) in [5, 5.41) is 9.20. The number of aromatic hydroxyl groups is 1. The van der Waals surface area contributed by atoms with Crippen LogP contribution < -0.4 is 0 Å². The van der Waals surface area contributed by atoms with Gasteiger partial charge in [0.05, 0.1) is 0 Å². The monoisotopic (exact) mass is 206 g/mol. The second kappa shape index (κ2) is 3.69. The van der Waals surface area contributed by atoms with Gasteiger partial charge in [-0.2, -0.15) is 0 Å². The molecule has 15 heavy (non-hydrogen) atoms. The molecule has 0 aromatic heterocycles. The largest absolute Gasteiger partial charge is 0.508 e. The van der Waals surface area contributed by atoms with E-state index in [0.717, 1.165) is 6.07 Å². The van der Waals surface area contributed by atoms with Gasteiger partial charge in [0, 0.05) is 11.1 Å². The molecule has 0 amide bonds. The summed E-state index contributed by atoms with van der Waals surface area (Å²) in [4.78, 5) is 0. The molecule has 0 bridgehead atoms. The fourth-order valence-electron chi connectivity index (χ4n) is 1.40. The number of phenols is 1. The summed E-state index contributed by atoms with van der Waals surface area (Å²) in [5.41, 5.74) is 0.207. The molecule has 0 spiro atoms. The van der Waals surface area contributed by atoms with Crippen molar-refractivity contribution >= 4 is 0 Å². The molecule has 2 rings (SSSR count). The van der Waals surface area contributed by atoms with E-state index in [9.17, 15) is 13.9 Å². The van der Waals surface area contributed by atoms with E-state index >= 15 is 0 Å². The Morgan fingerprint density at radius 3 is 2.20 bits per heavy atom. The number of hydrogen-bond donors (Lipinski definition) is 1. The molecule has 0 saturated heterocycles. The summed E-state index contributed by atoms with van der Waals surface area (Å²) in [5.74, 6) is -1.16. The Balaban J connectivity index is 2.64. The topological polar surface area (TPSA) is 20.2 Å². The molecule has 0 aliphatic heterocycles. The summed E-state index contributed by atoms with van der Waals surface area (Å²) in [6, 6.07) is 9.39. The van der Waals surface area contributed by atoms with E-state index in [4.69, 9.17) is 0 Å². The van der Waals surface area contributed by atoms with E-state index in [1.807, 2.05) is 0 Å². The Morgan fingerprint density at radius 1 is 0.800 bits per heavy atom. The van der Waals surface area contributed by atoms with Crippen LogP contribution in [0.25, 0.3) is 11.1 Å². The quantitative estimate of drug-likeness (QED) is 0.758. The molecule has 1 N–H and O–H groups in total. The lowest BCUT2D eigenvalue weighted by Gasteiger charge is -2.05. The maximum Gasteiger partial charge on any atom is 0.131 e. The highest BCUT2D eigenvalue weighted by molar-refractivity contribution is 5.66. The Hall–Kier alpha value is -1.90. The van der Waals surface area contributed by atoms with Gasteiger partial charge >= 0.3 is 0 Å². The van der Waals surface area contributed by atoms with Gasteiger partial charge in [-0.25, -0.2) is 8.78 Å². The Morgan fingerprint density at radius 2 is 1.47 bits per heavy atom. The molecular weight excluding hydrogens is 198 g/mol. The molecule has 0 aliphatic carbocycles. The molecule has 1 nitrogen and oxygen atoms in total. The smallest absolute Gasteiger partial charge is 0.131 e. The van der Waals surface area contributed by atoms with Crippen LogP contribution in [0.15, 0.2) is 42.5 Å². The molecule has 76 valence electrons. The fourth-order valence-corrected chi connectivity index (χ4v) is 1.40. The Bertz CT molecular complexity index is 495. The normalized spacial score (nSPS) is 10.3. The van der Waals surface area contributed by atoms with Crippen molar-refractivity contribution in [1.82, 2.24) is 0 Å². The van der Waals surface area contributed by atoms with Gasteiger partial charge in [0.25, 0.3) is 0 Å². The minimum atomic E-state index is -0.558. The van der Waals surface area contributed by atoms with Crippen molar-refractivity contribution in [3.63, 3.8) is 0 Å². The standard InChI is InChI=1S/C12H8F2O/c13-11-4-2-1-3-9(11)10-7-8(15)5-6-12(10)14/h1-7,15H. The van der Waals surface area contributed by atoms with Crippen molar-refractivity contribution < 1.29 is 13.9 Å². The molecule has 3 heteroatoms. The van der Waals surface area contributed by atoms with Gasteiger partial charge in [-0.1, -0.05) is 18.2 Å². The summed E-state index contributed by atoms with van der Waals surface area (Å²) in [7, 11) is 0. The molecule has 0 unspecified atom stereocenters. The predicted molar refractivity (Wildman–Crippen MR) is 53.5 cm³/mol. The van der Waals surface area contributed by atoms with Crippen molar-refractivity contribution in [2.45, 2.75) is 0 Å². The van der Waals surface area contributed by atoms with Crippen LogP contribution in [0.5, 0.6) is 5.75 Å². The van der Waals surface area contributed by atoms with Gasteiger partial charge in [0.1, 0.15) is 17.4 Å². The van der Waals surface area contributed by atoms with E-state index in [2.05, 4.69) is 0 Å². The summed E-state index contributed by atoms with van der Waals surface area (Å²) in [6.07, 6.45) is 0. The number of phenolic OH excluding ortho intramolecular Hbond substituents is 1.